The van der Waals surface area contributed by atoms with E-state index in [1.807, 2.05) is 24.3 Å². The van der Waals surface area contributed by atoms with E-state index in [0.29, 0.717) is 19.6 Å². The third-order valence-corrected chi connectivity index (χ3v) is 5.36. The van der Waals surface area contributed by atoms with E-state index in [1.54, 1.807) is 7.05 Å². The highest BCUT2D eigenvalue weighted by atomic mass is 16.5. The highest BCUT2D eigenvalue weighted by Crippen LogP contribution is 2.21. The third kappa shape index (κ3) is 7.38. The van der Waals surface area contributed by atoms with Gasteiger partial charge in [0.15, 0.2) is 0 Å². The van der Waals surface area contributed by atoms with Crippen molar-refractivity contribution in [3.8, 4) is 5.75 Å². The van der Waals surface area contributed by atoms with Crippen molar-refractivity contribution in [1.82, 2.24) is 15.1 Å². The first-order chi connectivity index (χ1) is 13.3. The van der Waals surface area contributed by atoms with Crippen molar-refractivity contribution < 1.29 is 19.4 Å². The van der Waals surface area contributed by atoms with E-state index in [2.05, 4.69) is 24.1 Å². The largest absolute Gasteiger partial charge is 0.492 e. The Kier molecular flexibility index (Phi) is 8.57. The second-order valence-electron chi connectivity index (χ2n) is 7.75. The lowest BCUT2D eigenvalue weighted by Gasteiger charge is -2.17. The zero-order chi connectivity index (χ0) is 20.5. The minimum atomic E-state index is -0.911. The zero-order valence-electron chi connectivity index (χ0n) is 17.2. The van der Waals surface area contributed by atoms with Crippen molar-refractivity contribution >= 4 is 12.0 Å². The van der Waals surface area contributed by atoms with Crippen molar-refractivity contribution in [2.45, 2.75) is 26.7 Å². The SMILES string of the molecule is CC1CN(CCOc2ccc(CCNC(=O)N(C)CCC(=O)O)cc2)CC1C. The molecule has 0 spiro atoms. The molecule has 1 aliphatic heterocycles. The fraction of sp³-hybridized carbons (Fsp3) is 0.619. The highest BCUT2D eigenvalue weighted by molar-refractivity contribution is 5.74. The number of nitrogens with one attached hydrogen (secondary N) is 1. The first kappa shape index (κ1) is 22.0. The van der Waals surface area contributed by atoms with Crippen LogP contribution in [0.25, 0.3) is 0 Å². The Morgan fingerprint density at radius 2 is 1.86 bits per heavy atom. The van der Waals surface area contributed by atoms with Crippen LogP contribution in [-0.4, -0.2) is 73.3 Å². The summed E-state index contributed by atoms with van der Waals surface area (Å²) in [5.41, 5.74) is 1.11. The number of carboxylic acid groups (broad SMARTS) is 1. The van der Waals surface area contributed by atoms with E-state index in [-0.39, 0.29) is 19.0 Å². The molecule has 2 rings (SSSR count). The molecule has 2 N–H and O–H groups in total. The maximum absolute atomic E-state index is 11.9. The van der Waals surface area contributed by atoms with Crippen LogP contribution >= 0.6 is 0 Å². The highest BCUT2D eigenvalue weighted by Gasteiger charge is 2.25. The molecule has 2 amide bonds. The lowest BCUT2D eigenvalue weighted by molar-refractivity contribution is -0.137. The lowest BCUT2D eigenvalue weighted by Crippen LogP contribution is -2.39. The Morgan fingerprint density at radius 3 is 2.46 bits per heavy atom. The minimum Gasteiger partial charge on any atom is -0.492 e. The number of carbonyl (C=O) groups excluding carboxylic acids is 1. The van der Waals surface area contributed by atoms with Crippen LogP contribution in [-0.2, 0) is 11.2 Å². The van der Waals surface area contributed by atoms with E-state index >= 15 is 0 Å². The zero-order valence-corrected chi connectivity index (χ0v) is 17.2. The normalized spacial score (nSPS) is 19.4. The molecule has 2 atom stereocenters. The first-order valence-electron chi connectivity index (χ1n) is 10.00. The van der Waals surface area contributed by atoms with Crippen molar-refractivity contribution in [2.75, 3.05) is 46.4 Å². The number of nitrogens with zero attached hydrogens (tertiary/aromatic N) is 2. The van der Waals surface area contributed by atoms with Gasteiger partial charge in [0, 0.05) is 39.8 Å². The Balaban J connectivity index is 1.63. The molecule has 0 saturated carbocycles. The van der Waals surface area contributed by atoms with Gasteiger partial charge >= 0.3 is 12.0 Å². The number of likely N-dealkylation sites (tertiary alicyclic amines) is 1. The minimum absolute atomic E-state index is 0.0544. The number of carboxylic acids is 1. The molecule has 1 fully saturated rings. The summed E-state index contributed by atoms with van der Waals surface area (Å²) in [7, 11) is 1.59. The molecule has 1 heterocycles. The molecule has 1 saturated heterocycles. The molecule has 1 aromatic rings. The van der Waals surface area contributed by atoms with Gasteiger partial charge in [0.25, 0.3) is 0 Å². The average Bonchev–Trinajstić information content (AvgIpc) is 2.98. The van der Waals surface area contributed by atoms with Gasteiger partial charge in [-0.15, -0.1) is 0 Å². The van der Waals surface area contributed by atoms with E-state index in [1.165, 1.54) is 4.90 Å². The van der Waals surface area contributed by atoms with Crippen LogP contribution in [0.1, 0.15) is 25.8 Å². The van der Waals surface area contributed by atoms with Gasteiger partial charge < -0.3 is 20.1 Å². The fourth-order valence-corrected chi connectivity index (χ4v) is 3.29. The standard InChI is InChI=1S/C21H33N3O4/c1-16-14-24(15-17(16)2)12-13-28-19-6-4-18(5-7-19)8-10-22-21(27)23(3)11-9-20(25)26/h4-7,16-17H,8-15H2,1-3H3,(H,22,27)(H,25,26). The number of hydrogen-bond donors (Lipinski definition) is 2. The summed E-state index contributed by atoms with van der Waals surface area (Å²) < 4.78 is 5.85. The molecular weight excluding hydrogens is 358 g/mol. The van der Waals surface area contributed by atoms with Crippen LogP contribution in [0.2, 0.25) is 0 Å². The van der Waals surface area contributed by atoms with Gasteiger partial charge in [-0.2, -0.15) is 0 Å². The van der Waals surface area contributed by atoms with Gasteiger partial charge in [-0.05, 0) is 36.0 Å². The number of aliphatic carboxylic acids is 1. The smallest absolute Gasteiger partial charge is 0.317 e. The van der Waals surface area contributed by atoms with Crippen LogP contribution in [0.15, 0.2) is 24.3 Å². The molecule has 1 aliphatic rings. The third-order valence-electron chi connectivity index (χ3n) is 5.36. The monoisotopic (exact) mass is 391 g/mol. The van der Waals surface area contributed by atoms with Crippen molar-refractivity contribution in [1.29, 1.82) is 0 Å². The average molecular weight is 392 g/mol. The van der Waals surface area contributed by atoms with Crippen LogP contribution in [0.3, 0.4) is 0 Å². The molecule has 7 nitrogen and oxygen atoms in total. The quantitative estimate of drug-likeness (QED) is 0.640. The summed E-state index contributed by atoms with van der Waals surface area (Å²) in [6.45, 7) is 9.27. The maximum Gasteiger partial charge on any atom is 0.317 e. The number of rotatable bonds is 10. The number of carbonyl (C=O) groups is 2. The van der Waals surface area contributed by atoms with Gasteiger partial charge in [0.2, 0.25) is 0 Å². The number of benzene rings is 1. The molecule has 0 bridgehead atoms. The maximum atomic E-state index is 11.9. The summed E-state index contributed by atoms with van der Waals surface area (Å²) in [5, 5.41) is 11.4. The Hall–Kier alpha value is -2.28. The molecule has 156 valence electrons. The molecule has 2 unspecified atom stereocenters. The Labute approximate surface area is 167 Å². The van der Waals surface area contributed by atoms with Gasteiger partial charge in [-0.3, -0.25) is 9.69 Å². The molecule has 7 heteroatoms. The summed E-state index contributed by atoms with van der Waals surface area (Å²) >= 11 is 0. The number of amides is 2. The summed E-state index contributed by atoms with van der Waals surface area (Å²) in [5.74, 6) is 1.47. The predicted octanol–water partition coefficient (Wildman–Crippen LogP) is 2.31. The topological polar surface area (TPSA) is 82.1 Å². The molecule has 0 radical (unpaired) electrons. The number of hydrogen-bond acceptors (Lipinski definition) is 4. The van der Waals surface area contributed by atoms with Crippen LogP contribution in [0, 0.1) is 11.8 Å². The molecule has 1 aromatic carbocycles. The second kappa shape index (κ2) is 10.9. The summed E-state index contributed by atoms with van der Waals surface area (Å²) in [6, 6.07) is 7.69. The van der Waals surface area contributed by atoms with E-state index in [9.17, 15) is 9.59 Å². The molecule has 28 heavy (non-hydrogen) atoms. The second-order valence-corrected chi connectivity index (χ2v) is 7.75. The fourth-order valence-electron chi connectivity index (χ4n) is 3.29. The summed E-state index contributed by atoms with van der Waals surface area (Å²) in [6.07, 6.45) is 0.656. The summed E-state index contributed by atoms with van der Waals surface area (Å²) in [4.78, 5) is 26.2. The van der Waals surface area contributed by atoms with E-state index in [0.717, 1.165) is 42.8 Å². The van der Waals surface area contributed by atoms with Gasteiger partial charge in [0.05, 0.1) is 6.42 Å². The molecule has 0 aromatic heterocycles. The number of urea groups is 1. The molecule has 0 aliphatic carbocycles. The van der Waals surface area contributed by atoms with E-state index < -0.39 is 5.97 Å². The Bertz CT molecular complexity index is 625. The molecular formula is C21H33N3O4. The lowest BCUT2D eigenvalue weighted by atomic mass is 10.0. The van der Waals surface area contributed by atoms with Gasteiger partial charge in [-0.25, -0.2) is 4.79 Å². The Morgan fingerprint density at radius 1 is 1.21 bits per heavy atom. The van der Waals surface area contributed by atoms with Crippen LogP contribution in [0.5, 0.6) is 5.75 Å². The van der Waals surface area contributed by atoms with Gasteiger partial charge in [-0.1, -0.05) is 26.0 Å². The number of ether oxygens (including phenoxy) is 1. The van der Waals surface area contributed by atoms with Crippen molar-refractivity contribution in [3.63, 3.8) is 0 Å². The first-order valence-corrected chi connectivity index (χ1v) is 10.00. The van der Waals surface area contributed by atoms with Crippen molar-refractivity contribution in [3.05, 3.63) is 29.8 Å². The van der Waals surface area contributed by atoms with Gasteiger partial charge in [0.1, 0.15) is 12.4 Å². The van der Waals surface area contributed by atoms with Crippen LogP contribution < -0.4 is 10.1 Å². The van der Waals surface area contributed by atoms with E-state index in [4.69, 9.17) is 9.84 Å². The van der Waals surface area contributed by atoms with Crippen molar-refractivity contribution in [2.24, 2.45) is 11.8 Å². The van der Waals surface area contributed by atoms with Crippen LogP contribution in [0.4, 0.5) is 4.79 Å². The predicted molar refractivity (Wildman–Crippen MR) is 109 cm³/mol.